The molecule has 2 atom stereocenters. The molecule has 0 saturated heterocycles. The van der Waals surface area contributed by atoms with E-state index in [2.05, 4.69) is 35.1 Å². The largest absolute Gasteiger partial charge is 0.508 e. The summed E-state index contributed by atoms with van der Waals surface area (Å²) in [5.74, 6) is -2.74. The van der Waals surface area contributed by atoms with E-state index in [1.54, 1.807) is 12.1 Å². The molecule has 12 heteroatoms. The molecule has 10 nitrogen and oxygen atoms in total. The van der Waals surface area contributed by atoms with Crippen LogP contribution in [0, 0.1) is 0 Å². The summed E-state index contributed by atoms with van der Waals surface area (Å²) in [5.41, 5.74) is 2.66. The fourth-order valence-electron chi connectivity index (χ4n) is 5.07. The molecule has 0 spiro atoms. The molecule has 1 aliphatic carbocycles. The second kappa shape index (κ2) is 13.4. The Kier molecular flexibility index (Phi) is 9.83. The van der Waals surface area contributed by atoms with Gasteiger partial charge in [-0.15, -0.1) is 0 Å². The van der Waals surface area contributed by atoms with Gasteiger partial charge in [-0.3, -0.25) is 9.59 Å². The first-order valence-corrected chi connectivity index (χ1v) is 14.3. The second-order valence-corrected chi connectivity index (χ2v) is 11.8. The third-order valence-corrected chi connectivity index (χ3v) is 7.99. The number of nitrogens with one attached hydrogen (secondary N) is 4. The fourth-order valence-corrected chi connectivity index (χ4v) is 5.73. The quantitative estimate of drug-likeness (QED) is 0.198. The topological polar surface area (TPSA) is 157 Å². The zero-order chi connectivity index (χ0) is 31.3. The van der Waals surface area contributed by atoms with Crippen LogP contribution in [-0.2, 0) is 16.8 Å². The standard InChI is InChI=1S/C31H32Cl2N4O6/c1-31(2)11-10-24(20-8-3-4-9-21(20)31)37-30(43)35-16-25(29(41)42)36-28(40)26-22(32)13-18(14-23(26)33)27(39)34-15-17-6-5-7-19(38)12-17/h3-9,12-14,24-25,38H,10-11,15-16H2,1-2H3,(H,34,39)(H,36,40)(H,41,42)(H2,35,37,43)/t24?,25-/m0/s1. The normalized spacial score (nSPS) is 15.9. The van der Waals surface area contributed by atoms with Gasteiger partial charge >= 0.3 is 12.0 Å². The van der Waals surface area contributed by atoms with Crippen molar-refractivity contribution in [3.8, 4) is 5.75 Å². The first kappa shape index (κ1) is 31.7. The molecule has 0 radical (unpaired) electrons. The zero-order valence-corrected chi connectivity index (χ0v) is 25.1. The summed E-state index contributed by atoms with van der Waals surface area (Å²) in [5, 5.41) is 29.4. The molecule has 226 valence electrons. The Morgan fingerprint density at radius 3 is 2.33 bits per heavy atom. The van der Waals surface area contributed by atoms with E-state index < -0.39 is 36.4 Å². The summed E-state index contributed by atoms with van der Waals surface area (Å²) in [6.07, 6.45) is 1.58. The minimum Gasteiger partial charge on any atom is -0.508 e. The average Bonchev–Trinajstić information content (AvgIpc) is 2.95. The van der Waals surface area contributed by atoms with Crippen molar-refractivity contribution in [2.75, 3.05) is 6.54 Å². The number of urea groups is 1. The Balaban J connectivity index is 1.36. The maximum atomic E-state index is 13.0. The second-order valence-electron chi connectivity index (χ2n) is 10.9. The van der Waals surface area contributed by atoms with E-state index in [4.69, 9.17) is 23.2 Å². The smallest absolute Gasteiger partial charge is 0.328 e. The fraction of sp³-hybridized carbons (Fsp3) is 0.290. The predicted octanol–water partition coefficient (Wildman–Crippen LogP) is 4.92. The minimum absolute atomic E-state index is 0.0263. The summed E-state index contributed by atoms with van der Waals surface area (Å²) in [7, 11) is 0. The van der Waals surface area contributed by atoms with Crippen LogP contribution >= 0.6 is 23.2 Å². The molecule has 4 amide bonds. The Bertz CT molecular complexity index is 1540. The summed E-state index contributed by atoms with van der Waals surface area (Å²) in [4.78, 5) is 50.2. The van der Waals surface area contributed by atoms with Crippen LogP contribution in [0.15, 0.2) is 60.7 Å². The van der Waals surface area contributed by atoms with E-state index in [0.29, 0.717) is 5.56 Å². The molecular formula is C31H32Cl2N4O6. The molecule has 6 N–H and O–H groups in total. The highest BCUT2D eigenvalue weighted by molar-refractivity contribution is 6.40. The van der Waals surface area contributed by atoms with Gasteiger partial charge in [-0.05, 0) is 59.2 Å². The lowest BCUT2D eigenvalue weighted by atomic mass is 9.71. The van der Waals surface area contributed by atoms with Gasteiger partial charge in [0.05, 0.1) is 28.2 Å². The lowest BCUT2D eigenvalue weighted by Gasteiger charge is -2.37. The van der Waals surface area contributed by atoms with Gasteiger partial charge in [0.25, 0.3) is 11.8 Å². The van der Waals surface area contributed by atoms with Crippen molar-refractivity contribution in [2.24, 2.45) is 0 Å². The number of phenolic OH excluding ortho intramolecular Hbond substituents is 1. The summed E-state index contributed by atoms with van der Waals surface area (Å²) >= 11 is 12.6. The van der Waals surface area contributed by atoms with Crippen molar-refractivity contribution >= 4 is 47.0 Å². The number of hydrogen-bond acceptors (Lipinski definition) is 5. The molecule has 0 aromatic heterocycles. The summed E-state index contributed by atoms with van der Waals surface area (Å²) < 4.78 is 0. The van der Waals surface area contributed by atoms with Crippen molar-refractivity contribution in [1.29, 1.82) is 0 Å². The maximum Gasteiger partial charge on any atom is 0.328 e. The average molecular weight is 628 g/mol. The third-order valence-electron chi connectivity index (χ3n) is 7.39. The molecule has 0 saturated carbocycles. The number of carbonyl (C=O) groups excluding carboxylic acids is 3. The van der Waals surface area contributed by atoms with Gasteiger partial charge in [0.2, 0.25) is 0 Å². The lowest BCUT2D eigenvalue weighted by Crippen LogP contribution is -2.51. The van der Waals surface area contributed by atoms with E-state index in [0.717, 1.165) is 24.0 Å². The molecule has 1 unspecified atom stereocenters. The zero-order valence-electron chi connectivity index (χ0n) is 23.5. The van der Waals surface area contributed by atoms with Gasteiger partial charge in [-0.2, -0.15) is 0 Å². The van der Waals surface area contributed by atoms with E-state index >= 15 is 0 Å². The van der Waals surface area contributed by atoms with Crippen LogP contribution in [0.5, 0.6) is 5.75 Å². The van der Waals surface area contributed by atoms with Gasteiger partial charge < -0.3 is 31.5 Å². The van der Waals surface area contributed by atoms with E-state index in [-0.39, 0.29) is 44.9 Å². The van der Waals surface area contributed by atoms with Crippen LogP contribution in [0.1, 0.15) is 70.1 Å². The SMILES string of the molecule is CC1(C)CCC(NC(=O)NC[C@H](NC(=O)c2c(Cl)cc(C(=O)NCc3cccc(O)c3)cc2Cl)C(=O)O)c2ccccc21. The predicted molar refractivity (Wildman–Crippen MR) is 163 cm³/mol. The number of halogens is 2. The number of phenols is 1. The van der Waals surface area contributed by atoms with Crippen molar-refractivity contribution in [1.82, 2.24) is 21.3 Å². The van der Waals surface area contributed by atoms with Crippen molar-refractivity contribution in [3.05, 3.63) is 98.5 Å². The molecular weight excluding hydrogens is 595 g/mol. The lowest BCUT2D eigenvalue weighted by molar-refractivity contribution is -0.139. The van der Waals surface area contributed by atoms with Gasteiger partial charge in [0.15, 0.2) is 0 Å². The first-order valence-electron chi connectivity index (χ1n) is 13.6. The molecule has 43 heavy (non-hydrogen) atoms. The number of hydrogen-bond donors (Lipinski definition) is 6. The molecule has 3 aromatic carbocycles. The van der Waals surface area contributed by atoms with E-state index in [1.165, 1.54) is 24.3 Å². The number of aliphatic carboxylic acids is 1. The molecule has 0 heterocycles. The number of aromatic hydroxyl groups is 1. The van der Waals surface area contributed by atoms with Crippen LogP contribution in [0.25, 0.3) is 0 Å². The van der Waals surface area contributed by atoms with Crippen LogP contribution in [-0.4, -0.2) is 46.6 Å². The minimum atomic E-state index is -1.49. The van der Waals surface area contributed by atoms with Gasteiger partial charge in [-0.1, -0.05) is 73.4 Å². The first-order chi connectivity index (χ1) is 20.4. The van der Waals surface area contributed by atoms with Crippen LogP contribution in [0.4, 0.5) is 4.79 Å². The van der Waals surface area contributed by atoms with Gasteiger partial charge in [0, 0.05) is 12.1 Å². The molecule has 0 fully saturated rings. The number of carboxylic acids is 1. The number of amides is 4. The molecule has 0 aliphatic heterocycles. The number of fused-ring (bicyclic) bond motifs is 1. The highest BCUT2D eigenvalue weighted by Crippen LogP contribution is 2.41. The maximum absolute atomic E-state index is 13.0. The highest BCUT2D eigenvalue weighted by atomic mass is 35.5. The number of carboxylic acid groups (broad SMARTS) is 1. The van der Waals surface area contributed by atoms with Crippen LogP contribution < -0.4 is 21.3 Å². The molecule has 0 bridgehead atoms. The Morgan fingerprint density at radius 1 is 0.953 bits per heavy atom. The molecule has 4 rings (SSSR count). The van der Waals surface area contributed by atoms with Crippen LogP contribution in [0.2, 0.25) is 10.0 Å². The molecule has 1 aliphatic rings. The van der Waals surface area contributed by atoms with Crippen LogP contribution in [0.3, 0.4) is 0 Å². The summed E-state index contributed by atoms with van der Waals surface area (Å²) in [6, 6.07) is 14.4. The van der Waals surface area contributed by atoms with Gasteiger partial charge in [0.1, 0.15) is 11.8 Å². The van der Waals surface area contributed by atoms with Crippen molar-refractivity contribution in [3.63, 3.8) is 0 Å². The molecule has 3 aromatic rings. The van der Waals surface area contributed by atoms with Gasteiger partial charge in [-0.25, -0.2) is 9.59 Å². The third kappa shape index (κ3) is 7.77. The highest BCUT2D eigenvalue weighted by Gasteiger charge is 2.33. The number of carbonyl (C=O) groups is 4. The van der Waals surface area contributed by atoms with E-state index in [1.807, 2.05) is 24.3 Å². The Labute approximate surface area is 258 Å². The number of rotatable bonds is 9. The van der Waals surface area contributed by atoms with Crippen molar-refractivity contribution < 1.29 is 29.4 Å². The van der Waals surface area contributed by atoms with E-state index in [9.17, 15) is 29.4 Å². The van der Waals surface area contributed by atoms with Crippen molar-refractivity contribution in [2.45, 2.75) is 50.7 Å². The Morgan fingerprint density at radius 2 is 1.65 bits per heavy atom. The Hall–Kier alpha value is -4.28. The number of benzene rings is 3. The summed E-state index contributed by atoms with van der Waals surface area (Å²) in [6.45, 7) is 4.03. The monoisotopic (exact) mass is 626 g/mol.